The van der Waals surface area contributed by atoms with Gasteiger partial charge in [-0.1, -0.05) is 18.0 Å². The summed E-state index contributed by atoms with van der Waals surface area (Å²) in [7, 11) is 0. The molecule has 0 radical (unpaired) electrons. The van der Waals surface area contributed by atoms with E-state index < -0.39 is 0 Å². The minimum atomic E-state index is 0.0733. The number of nitrogens with zero attached hydrogens (tertiary/aromatic N) is 2. The molecule has 3 N–H and O–H groups in total. The molecule has 0 unspecified atom stereocenters. The maximum Gasteiger partial charge on any atom is 0.223 e. The van der Waals surface area contributed by atoms with Crippen LogP contribution in [0.4, 0.5) is 0 Å². The topological polar surface area (TPSA) is 78.9 Å². The number of carbonyl (C=O) groups is 1. The number of oxime groups is 1. The van der Waals surface area contributed by atoms with Crippen LogP contribution in [-0.2, 0) is 4.79 Å². The van der Waals surface area contributed by atoms with Crippen LogP contribution in [0.2, 0.25) is 0 Å². The van der Waals surface area contributed by atoms with Crippen molar-refractivity contribution in [2.75, 3.05) is 6.54 Å². The maximum atomic E-state index is 12.1. The quantitative estimate of drug-likeness (QED) is 0.332. The van der Waals surface area contributed by atoms with E-state index >= 15 is 0 Å². The van der Waals surface area contributed by atoms with Crippen molar-refractivity contribution in [1.82, 2.24) is 4.90 Å². The molecule has 17 heavy (non-hydrogen) atoms. The summed E-state index contributed by atoms with van der Waals surface area (Å²) in [6.45, 7) is 4.09. The number of hydrogen-bond acceptors (Lipinski definition) is 3. The summed E-state index contributed by atoms with van der Waals surface area (Å²) in [6, 6.07) is 0.0733. The lowest BCUT2D eigenvalue weighted by Gasteiger charge is -2.27. The van der Waals surface area contributed by atoms with E-state index in [2.05, 4.69) is 5.16 Å². The molecule has 0 spiro atoms. The first-order chi connectivity index (χ1) is 8.04. The first kappa shape index (κ1) is 13.8. The molecule has 1 saturated carbocycles. The van der Waals surface area contributed by atoms with Gasteiger partial charge in [0.1, 0.15) is 0 Å². The summed E-state index contributed by atoms with van der Waals surface area (Å²) < 4.78 is 0. The zero-order valence-corrected chi connectivity index (χ0v) is 10.7. The van der Waals surface area contributed by atoms with Gasteiger partial charge in [0.05, 0.1) is 6.54 Å². The lowest BCUT2D eigenvalue weighted by molar-refractivity contribution is -0.133. The first-order valence-electron chi connectivity index (χ1n) is 6.30. The third-order valence-corrected chi connectivity index (χ3v) is 3.34. The second-order valence-corrected chi connectivity index (χ2v) is 5.06. The van der Waals surface area contributed by atoms with Crippen molar-refractivity contribution in [2.24, 2.45) is 16.8 Å². The van der Waals surface area contributed by atoms with E-state index in [4.69, 9.17) is 10.9 Å². The van der Waals surface area contributed by atoms with Crippen molar-refractivity contribution in [1.29, 1.82) is 0 Å². The summed E-state index contributed by atoms with van der Waals surface area (Å²) in [5, 5.41) is 11.5. The van der Waals surface area contributed by atoms with Crippen LogP contribution in [0, 0.1) is 5.92 Å². The minimum absolute atomic E-state index is 0.0733. The van der Waals surface area contributed by atoms with Crippen molar-refractivity contribution in [3.8, 4) is 0 Å². The van der Waals surface area contributed by atoms with Crippen LogP contribution in [0.3, 0.4) is 0 Å². The Labute approximate surface area is 103 Å². The molecule has 0 saturated heterocycles. The van der Waals surface area contributed by atoms with Gasteiger partial charge in [0, 0.05) is 12.5 Å². The summed E-state index contributed by atoms with van der Waals surface area (Å²) in [5.74, 6) is 0.716. The van der Waals surface area contributed by atoms with Crippen LogP contribution >= 0.6 is 0 Å². The third kappa shape index (κ3) is 4.24. The second kappa shape index (κ2) is 6.47. The Morgan fingerprint density at radius 3 is 2.53 bits per heavy atom. The van der Waals surface area contributed by atoms with Crippen LogP contribution in [0.15, 0.2) is 5.16 Å². The maximum absolute atomic E-state index is 12.1. The van der Waals surface area contributed by atoms with Gasteiger partial charge in [-0.15, -0.1) is 0 Å². The number of amidine groups is 1. The highest BCUT2D eigenvalue weighted by Crippen LogP contribution is 2.28. The summed E-state index contributed by atoms with van der Waals surface area (Å²) in [6.07, 6.45) is 5.37. The highest BCUT2D eigenvalue weighted by atomic mass is 16.4. The van der Waals surface area contributed by atoms with Crippen molar-refractivity contribution in [2.45, 2.75) is 52.0 Å². The molecule has 5 nitrogen and oxygen atoms in total. The lowest BCUT2D eigenvalue weighted by Crippen LogP contribution is -2.43. The fourth-order valence-electron chi connectivity index (χ4n) is 2.34. The molecule has 1 aliphatic rings. The average Bonchev–Trinajstić information content (AvgIpc) is 2.77. The zero-order chi connectivity index (χ0) is 12.8. The molecule has 1 rings (SSSR count). The van der Waals surface area contributed by atoms with Gasteiger partial charge in [-0.25, -0.2) is 0 Å². The van der Waals surface area contributed by atoms with E-state index in [1.807, 2.05) is 13.8 Å². The molecular weight excluding hydrogens is 218 g/mol. The number of rotatable bonds is 5. The van der Waals surface area contributed by atoms with E-state index in [1.165, 1.54) is 12.8 Å². The number of hydrogen-bond donors (Lipinski definition) is 2. The lowest BCUT2D eigenvalue weighted by atomic mass is 10.0. The smallest absolute Gasteiger partial charge is 0.223 e. The van der Waals surface area contributed by atoms with Gasteiger partial charge in [0.25, 0.3) is 0 Å². The molecular formula is C12H23N3O2. The monoisotopic (exact) mass is 241 g/mol. The van der Waals surface area contributed by atoms with Crippen molar-refractivity contribution in [3.05, 3.63) is 0 Å². The highest BCUT2D eigenvalue weighted by Gasteiger charge is 2.24. The molecule has 1 amide bonds. The molecule has 1 fully saturated rings. The molecule has 0 atom stereocenters. The molecule has 0 aromatic rings. The van der Waals surface area contributed by atoms with E-state index in [9.17, 15) is 4.79 Å². The Morgan fingerprint density at radius 1 is 1.47 bits per heavy atom. The van der Waals surface area contributed by atoms with Gasteiger partial charge in [-0.05, 0) is 32.6 Å². The largest absolute Gasteiger partial charge is 0.409 e. The molecule has 1 aliphatic carbocycles. The van der Waals surface area contributed by atoms with E-state index in [0.717, 1.165) is 12.8 Å². The number of nitrogens with two attached hydrogens (primary N) is 1. The molecule has 98 valence electrons. The molecule has 0 aromatic heterocycles. The molecule has 0 aliphatic heterocycles. The van der Waals surface area contributed by atoms with Crippen LogP contribution < -0.4 is 5.73 Å². The van der Waals surface area contributed by atoms with Crippen molar-refractivity contribution < 1.29 is 10.0 Å². The predicted octanol–water partition coefficient (Wildman–Crippen LogP) is 1.55. The standard InChI is InChI=1S/C12H23N3O2/c1-9(2)15(8-11(13)14-17)12(16)7-10-5-3-4-6-10/h9-10,17H,3-8H2,1-2H3,(H2,13,14). The van der Waals surface area contributed by atoms with E-state index in [1.54, 1.807) is 4.90 Å². The fourth-order valence-corrected chi connectivity index (χ4v) is 2.34. The van der Waals surface area contributed by atoms with Gasteiger partial charge in [0.2, 0.25) is 5.91 Å². The first-order valence-corrected chi connectivity index (χ1v) is 6.30. The van der Waals surface area contributed by atoms with Crippen LogP contribution in [0.1, 0.15) is 46.0 Å². The van der Waals surface area contributed by atoms with Crippen LogP contribution in [-0.4, -0.2) is 34.4 Å². The van der Waals surface area contributed by atoms with Crippen molar-refractivity contribution in [3.63, 3.8) is 0 Å². The van der Waals surface area contributed by atoms with E-state index in [0.29, 0.717) is 12.3 Å². The normalized spacial score (nSPS) is 17.7. The zero-order valence-electron chi connectivity index (χ0n) is 10.7. The minimum Gasteiger partial charge on any atom is -0.409 e. The Morgan fingerprint density at radius 2 is 2.06 bits per heavy atom. The summed E-state index contributed by atoms with van der Waals surface area (Å²) in [5.41, 5.74) is 5.46. The van der Waals surface area contributed by atoms with Crippen LogP contribution in [0.25, 0.3) is 0 Å². The van der Waals surface area contributed by atoms with E-state index in [-0.39, 0.29) is 24.3 Å². The number of amides is 1. The highest BCUT2D eigenvalue weighted by molar-refractivity contribution is 5.87. The average molecular weight is 241 g/mol. The van der Waals surface area contributed by atoms with Gasteiger partial charge in [-0.2, -0.15) is 0 Å². The van der Waals surface area contributed by atoms with Gasteiger partial charge >= 0.3 is 0 Å². The fraction of sp³-hybridized carbons (Fsp3) is 0.833. The Hall–Kier alpha value is -1.26. The van der Waals surface area contributed by atoms with Gasteiger partial charge < -0.3 is 15.8 Å². The molecule has 5 heteroatoms. The SMILES string of the molecule is CC(C)N(CC(N)=NO)C(=O)CC1CCCC1. The Kier molecular flexibility index (Phi) is 5.25. The summed E-state index contributed by atoms with van der Waals surface area (Å²) in [4.78, 5) is 13.8. The second-order valence-electron chi connectivity index (χ2n) is 5.06. The van der Waals surface area contributed by atoms with Gasteiger partial charge in [0.15, 0.2) is 5.84 Å². The summed E-state index contributed by atoms with van der Waals surface area (Å²) >= 11 is 0. The van der Waals surface area contributed by atoms with Crippen molar-refractivity contribution >= 4 is 11.7 Å². The van der Waals surface area contributed by atoms with Crippen LogP contribution in [0.5, 0.6) is 0 Å². The van der Waals surface area contributed by atoms with Gasteiger partial charge in [-0.3, -0.25) is 4.79 Å². The Bertz CT molecular complexity index is 283. The molecule has 0 heterocycles. The molecule has 0 aromatic carbocycles. The predicted molar refractivity (Wildman–Crippen MR) is 66.8 cm³/mol. The Balaban J connectivity index is 2.53. The molecule has 0 bridgehead atoms. The number of carbonyl (C=O) groups excluding carboxylic acids is 1. The third-order valence-electron chi connectivity index (χ3n) is 3.34.